The number of hydrogen-bond acceptors (Lipinski definition) is 4. The Morgan fingerprint density at radius 1 is 1.28 bits per heavy atom. The molecule has 0 aliphatic heterocycles. The molecule has 0 aliphatic rings. The Hall–Kier alpha value is -1.89. The van der Waals surface area contributed by atoms with E-state index in [-0.39, 0.29) is 19.0 Å². The Balaban J connectivity index is 2.31. The number of amidine groups is 1. The van der Waals surface area contributed by atoms with Crippen molar-refractivity contribution in [1.29, 1.82) is 0 Å². The molecule has 0 saturated heterocycles. The number of nitrogens with two attached hydrogens (primary N) is 1. The van der Waals surface area contributed by atoms with E-state index >= 15 is 0 Å². The van der Waals surface area contributed by atoms with Crippen molar-refractivity contribution in [3.63, 3.8) is 0 Å². The number of ether oxygens (including phenoxy) is 2. The van der Waals surface area contributed by atoms with Crippen LogP contribution in [0.3, 0.4) is 0 Å². The Morgan fingerprint density at radius 2 is 1.94 bits per heavy atom. The van der Waals surface area contributed by atoms with Crippen LogP contribution >= 0.6 is 0 Å². The molecule has 0 bridgehead atoms. The fourth-order valence-electron chi connectivity index (χ4n) is 1.17. The Kier molecular flexibility index (Phi) is 5.86. The van der Waals surface area contributed by atoms with Gasteiger partial charge in [-0.3, -0.25) is 0 Å². The maximum absolute atomic E-state index is 11.7. The molecule has 0 aromatic heterocycles. The third-order valence-electron chi connectivity index (χ3n) is 2.00. The molecule has 18 heavy (non-hydrogen) atoms. The molecule has 1 rings (SSSR count). The number of halogens is 2. The summed E-state index contributed by atoms with van der Waals surface area (Å²) in [6.45, 7) is -0.326. The van der Waals surface area contributed by atoms with Crippen molar-refractivity contribution < 1.29 is 23.5 Å². The molecule has 1 aromatic carbocycles. The molecular formula is C11H14F2N2O3. The molecule has 0 heterocycles. The van der Waals surface area contributed by atoms with Crippen molar-refractivity contribution in [2.45, 2.75) is 6.43 Å². The smallest absolute Gasteiger partial charge is 0.261 e. The second-order valence-electron chi connectivity index (χ2n) is 3.32. The van der Waals surface area contributed by atoms with Crippen molar-refractivity contribution in [2.75, 3.05) is 19.8 Å². The number of oxime groups is 1. The molecule has 5 nitrogen and oxygen atoms in total. The van der Waals surface area contributed by atoms with Gasteiger partial charge in [-0.1, -0.05) is 5.16 Å². The van der Waals surface area contributed by atoms with E-state index in [9.17, 15) is 8.78 Å². The van der Waals surface area contributed by atoms with Gasteiger partial charge in [0.2, 0.25) is 0 Å². The highest BCUT2D eigenvalue weighted by Crippen LogP contribution is 2.11. The van der Waals surface area contributed by atoms with Gasteiger partial charge < -0.3 is 20.4 Å². The summed E-state index contributed by atoms with van der Waals surface area (Å²) in [5.74, 6) is 0.548. The normalized spacial score (nSPS) is 11.8. The molecule has 0 spiro atoms. The van der Waals surface area contributed by atoms with Gasteiger partial charge in [0.05, 0.1) is 6.61 Å². The first kappa shape index (κ1) is 14.2. The van der Waals surface area contributed by atoms with E-state index in [2.05, 4.69) is 9.89 Å². The molecule has 0 aliphatic carbocycles. The van der Waals surface area contributed by atoms with E-state index in [1.807, 2.05) is 0 Å². The molecule has 0 radical (unpaired) electrons. The van der Waals surface area contributed by atoms with Crippen molar-refractivity contribution in [2.24, 2.45) is 10.9 Å². The van der Waals surface area contributed by atoms with Gasteiger partial charge in [-0.25, -0.2) is 8.78 Å². The first-order valence-corrected chi connectivity index (χ1v) is 5.20. The highest BCUT2D eigenvalue weighted by molar-refractivity contribution is 5.97. The summed E-state index contributed by atoms with van der Waals surface area (Å²) in [4.78, 5) is 0. The summed E-state index contributed by atoms with van der Waals surface area (Å²) in [5, 5.41) is 11.3. The number of benzene rings is 1. The van der Waals surface area contributed by atoms with Gasteiger partial charge in [0, 0.05) is 5.56 Å². The van der Waals surface area contributed by atoms with Crippen LogP contribution in [0.25, 0.3) is 0 Å². The van der Waals surface area contributed by atoms with Crippen molar-refractivity contribution >= 4 is 5.84 Å². The molecule has 100 valence electrons. The van der Waals surface area contributed by atoms with Gasteiger partial charge in [0.1, 0.15) is 19.0 Å². The summed E-state index contributed by atoms with van der Waals surface area (Å²) in [6, 6.07) is 6.48. The highest BCUT2D eigenvalue weighted by Gasteiger charge is 2.02. The minimum absolute atomic E-state index is 0.00168. The number of hydrogen-bond donors (Lipinski definition) is 2. The summed E-state index contributed by atoms with van der Waals surface area (Å²) in [7, 11) is 0. The molecule has 3 N–H and O–H groups in total. The van der Waals surface area contributed by atoms with Crippen molar-refractivity contribution in [3.8, 4) is 5.75 Å². The molecule has 7 heteroatoms. The lowest BCUT2D eigenvalue weighted by molar-refractivity contribution is 0.00763. The van der Waals surface area contributed by atoms with Gasteiger partial charge in [-0.05, 0) is 24.3 Å². The average molecular weight is 260 g/mol. The number of alkyl halides is 2. The van der Waals surface area contributed by atoms with Gasteiger partial charge in [0.25, 0.3) is 6.43 Å². The standard InChI is InChI=1S/C11H14F2N2O3/c12-10(13)7-17-5-6-18-9-3-1-8(2-4-9)11(14)15-16/h1-4,10,16H,5-7H2,(H2,14,15). The topological polar surface area (TPSA) is 77.1 Å². The second-order valence-corrected chi connectivity index (χ2v) is 3.32. The van der Waals surface area contributed by atoms with E-state index in [0.29, 0.717) is 11.3 Å². The molecule has 1 aromatic rings. The molecule has 0 unspecified atom stereocenters. The maximum atomic E-state index is 11.7. The molecule has 0 fully saturated rings. The third-order valence-corrected chi connectivity index (χ3v) is 2.00. The summed E-state index contributed by atoms with van der Waals surface area (Å²) in [5.41, 5.74) is 5.93. The largest absolute Gasteiger partial charge is 0.491 e. The Bertz CT molecular complexity index is 382. The van der Waals surface area contributed by atoms with Gasteiger partial charge in [-0.15, -0.1) is 0 Å². The maximum Gasteiger partial charge on any atom is 0.261 e. The second kappa shape index (κ2) is 7.44. The first-order chi connectivity index (χ1) is 8.63. The lowest BCUT2D eigenvalue weighted by Crippen LogP contribution is -2.13. The molecule has 0 amide bonds. The zero-order valence-electron chi connectivity index (χ0n) is 9.55. The number of nitrogens with zero attached hydrogens (tertiary/aromatic N) is 1. The molecular weight excluding hydrogens is 246 g/mol. The van der Waals surface area contributed by atoms with Crippen LogP contribution in [0, 0.1) is 0 Å². The quantitative estimate of drug-likeness (QED) is 0.256. The lowest BCUT2D eigenvalue weighted by Gasteiger charge is -2.07. The van der Waals surface area contributed by atoms with Crippen LogP contribution in [0.15, 0.2) is 29.4 Å². The van der Waals surface area contributed by atoms with Gasteiger partial charge >= 0.3 is 0 Å². The Morgan fingerprint density at radius 3 is 2.50 bits per heavy atom. The molecule has 0 atom stereocenters. The van der Waals surface area contributed by atoms with Gasteiger partial charge in [-0.2, -0.15) is 0 Å². The molecule has 0 saturated carbocycles. The predicted molar refractivity (Wildman–Crippen MR) is 61.3 cm³/mol. The van der Waals surface area contributed by atoms with E-state index in [1.165, 1.54) is 0 Å². The number of rotatable bonds is 7. The minimum atomic E-state index is -2.47. The van der Waals surface area contributed by atoms with E-state index in [4.69, 9.17) is 15.7 Å². The van der Waals surface area contributed by atoms with Crippen LogP contribution in [0.4, 0.5) is 8.78 Å². The van der Waals surface area contributed by atoms with Crippen LogP contribution in [0.2, 0.25) is 0 Å². The first-order valence-electron chi connectivity index (χ1n) is 5.20. The summed E-state index contributed by atoms with van der Waals surface area (Å²) >= 11 is 0. The van der Waals surface area contributed by atoms with E-state index in [0.717, 1.165) is 0 Å². The van der Waals surface area contributed by atoms with Crippen LogP contribution < -0.4 is 10.5 Å². The fourth-order valence-corrected chi connectivity index (χ4v) is 1.17. The van der Waals surface area contributed by atoms with Crippen molar-refractivity contribution in [1.82, 2.24) is 0 Å². The van der Waals surface area contributed by atoms with Crippen LogP contribution in [-0.4, -0.2) is 37.3 Å². The zero-order chi connectivity index (χ0) is 13.4. The van der Waals surface area contributed by atoms with E-state index in [1.54, 1.807) is 24.3 Å². The summed E-state index contributed by atoms with van der Waals surface area (Å²) in [6.07, 6.45) is -2.47. The van der Waals surface area contributed by atoms with E-state index < -0.39 is 13.0 Å². The Labute approximate surface area is 103 Å². The lowest BCUT2D eigenvalue weighted by atomic mass is 10.2. The van der Waals surface area contributed by atoms with Crippen LogP contribution in [0.1, 0.15) is 5.56 Å². The summed E-state index contributed by atoms with van der Waals surface area (Å²) < 4.78 is 33.4. The van der Waals surface area contributed by atoms with Gasteiger partial charge in [0.15, 0.2) is 5.84 Å². The SMILES string of the molecule is N/C(=N/O)c1ccc(OCCOCC(F)F)cc1. The zero-order valence-corrected chi connectivity index (χ0v) is 9.55. The monoisotopic (exact) mass is 260 g/mol. The van der Waals surface area contributed by atoms with Crippen LogP contribution in [-0.2, 0) is 4.74 Å². The predicted octanol–water partition coefficient (Wildman–Crippen LogP) is 1.44. The van der Waals surface area contributed by atoms with Crippen LogP contribution in [0.5, 0.6) is 5.75 Å². The fraction of sp³-hybridized carbons (Fsp3) is 0.364. The average Bonchev–Trinajstić information content (AvgIpc) is 2.38. The highest BCUT2D eigenvalue weighted by atomic mass is 19.3. The van der Waals surface area contributed by atoms with Crippen molar-refractivity contribution in [3.05, 3.63) is 29.8 Å². The third kappa shape index (κ3) is 4.96. The minimum Gasteiger partial charge on any atom is -0.491 e.